The third-order valence-electron chi connectivity index (χ3n) is 5.81. The highest BCUT2D eigenvalue weighted by Gasteiger charge is 2.28. The molecule has 3 N–H and O–H groups in total. The second kappa shape index (κ2) is 10.6. The summed E-state index contributed by atoms with van der Waals surface area (Å²) in [5.74, 6) is -0.979. The normalized spacial score (nSPS) is 12.2. The topological polar surface area (TPSA) is 182 Å². The van der Waals surface area contributed by atoms with Gasteiger partial charge in [-0.3, -0.25) is 13.7 Å². The zero-order valence-electron chi connectivity index (χ0n) is 20.8. The van der Waals surface area contributed by atoms with Gasteiger partial charge in [0.15, 0.2) is 5.75 Å². The van der Waals surface area contributed by atoms with Gasteiger partial charge in [0.25, 0.3) is 30.4 Å². The first-order valence-electron chi connectivity index (χ1n) is 11.2. The molecule has 0 spiro atoms. The summed E-state index contributed by atoms with van der Waals surface area (Å²) in [6.07, 6.45) is 0. The number of rotatable bonds is 8. The zero-order chi connectivity index (χ0) is 29.5. The summed E-state index contributed by atoms with van der Waals surface area (Å²) in [4.78, 5) is -2.25. The van der Waals surface area contributed by atoms with Crippen LogP contribution in [0.3, 0.4) is 0 Å². The Morgan fingerprint density at radius 2 is 0.975 bits per heavy atom. The first-order chi connectivity index (χ1) is 18.6. The van der Waals surface area contributed by atoms with Gasteiger partial charge in [-0.15, -0.1) is 0 Å². The molecule has 11 nitrogen and oxygen atoms in total. The van der Waals surface area contributed by atoms with E-state index in [1.54, 1.807) is 24.3 Å². The fourth-order valence-electron chi connectivity index (χ4n) is 3.86. The SMILES string of the molecule is COc1ccc(-c2ccc(Oc3c(S(=O)(=O)O)cc(-c4ccc(C)cc4)cc3S(=O)(=O)O)cc2)cc1S(=O)(=O)O. The van der Waals surface area contributed by atoms with Crippen molar-refractivity contribution in [3.8, 4) is 39.5 Å². The zero-order valence-corrected chi connectivity index (χ0v) is 23.3. The first-order valence-corrected chi connectivity index (χ1v) is 15.5. The molecule has 0 atom stereocenters. The molecule has 210 valence electrons. The lowest BCUT2D eigenvalue weighted by atomic mass is 10.0. The standard InChI is InChI=1S/C26H22O11S3/c1-16-3-5-18(6-4-16)20-14-24(39(30,31)32)26(25(15-20)40(33,34)35)37-21-10-7-17(8-11-21)19-9-12-22(36-2)23(13-19)38(27,28)29/h3-15H,1-2H3,(H,27,28,29)(H,30,31,32)(H,33,34,35). The molecule has 0 radical (unpaired) electrons. The van der Waals surface area contributed by atoms with Gasteiger partial charge in [0.05, 0.1) is 7.11 Å². The van der Waals surface area contributed by atoms with E-state index in [0.29, 0.717) is 16.7 Å². The molecular formula is C26H22O11S3. The molecule has 0 saturated heterocycles. The van der Waals surface area contributed by atoms with Crippen molar-refractivity contribution in [3.05, 3.63) is 84.4 Å². The molecule has 4 aromatic rings. The van der Waals surface area contributed by atoms with Crippen LogP contribution in [0.4, 0.5) is 0 Å². The fraction of sp³-hybridized carbons (Fsp3) is 0.0769. The highest BCUT2D eigenvalue weighted by molar-refractivity contribution is 7.87. The number of hydrogen-bond donors (Lipinski definition) is 3. The van der Waals surface area contributed by atoms with Gasteiger partial charge in [-0.1, -0.05) is 48.0 Å². The molecule has 0 aliphatic rings. The van der Waals surface area contributed by atoms with E-state index in [2.05, 4.69) is 0 Å². The quantitative estimate of drug-likeness (QED) is 0.233. The van der Waals surface area contributed by atoms with Crippen LogP contribution in [0.2, 0.25) is 0 Å². The van der Waals surface area contributed by atoms with Gasteiger partial charge >= 0.3 is 0 Å². The Morgan fingerprint density at radius 1 is 0.550 bits per heavy atom. The molecule has 4 rings (SSSR count). The Bertz CT molecular complexity index is 1860. The van der Waals surface area contributed by atoms with E-state index in [4.69, 9.17) is 9.47 Å². The lowest BCUT2D eigenvalue weighted by Gasteiger charge is -2.16. The lowest BCUT2D eigenvalue weighted by molar-refractivity contribution is 0.397. The van der Waals surface area contributed by atoms with Crippen molar-refractivity contribution in [1.29, 1.82) is 0 Å². The summed E-state index contributed by atoms with van der Waals surface area (Å²) in [6, 6.07) is 18.3. The van der Waals surface area contributed by atoms with Gasteiger partial charge in [0.2, 0.25) is 0 Å². The average Bonchev–Trinajstić information content (AvgIpc) is 2.87. The molecule has 4 aromatic carbocycles. The van der Waals surface area contributed by atoms with Crippen molar-refractivity contribution in [2.24, 2.45) is 0 Å². The van der Waals surface area contributed by atoms with Crippen LogP contribution in [0.25, 0.3) is 22.3 Å². The van der Waals surface area contributed by atoms with E-state index in [1.165, 1.54) is 49.6 Å². The smallest absolute Gasteiger partial charge is 0.298 e. The highest BCUT2D eigenvalue weighted by Crippen LogP contribution is 2.40. The molecular weight excluding hydrogens is 584 g/mol. The summed E-state index contributed by atoms with van der Waals surface area (Å²) in [5.41, 5.74) is 2.19. The van der Waals surface area contributed by atoms with Gasteiger partial charge in [-0.2, -0.15) is 25.3 Å². The second-order valence-corrected chi connectivity index (χ2v) is 12.8. The predicted octanol–water partition coefficient (Wildman–Crippen LogP) is 4.87. The Hall–Kier alpha value is -3.79. The number of methoxy groups -OCH3 is 1. The van der Waals surface area contributed by atoms with E-state index in [-0.39, 0.29) is 17.1 Å². The largest absolute Gasteiger partial charge is 0.495 e. The van der Waals surface area contributed by atoms with Crippen molar-refractivity contribution >= 4 is 30.4 Å². The van der Waals surface area contributed by atoms with Crippen molar-refractivity contribution < 1.29 is 48.4 Å². The van der Waals surface area contributed by atoms with Crippen LogP contribution >= 0.6 is 0 Å². The third kappa shape index (κ3) is 6.33. The monoisotopic (exact) mass is 606 g/mol. The molecule has 0 bridgehead atoms. The van der Waals surface area contributed by atoms with Crippen molar-refractivity contribution in [2.45, 2.75) is 21.6 Å². The van der Waals surface area contributed by atoms with E-state index in [9.17, 15) is 38.9 Å². The molecule has 0 aliphatic carbocycles. The third-order valence-corrected chi connectivity index (χ3v) is 8.40. The molecule has 14 heteroatoms. The predicted molar refractivity (Wildman–Crippen MR) is 145 cm³/mol. The van der Waals surface area contributed by atoms with E-state index in [0.717, 1.165) is 17.7 Å². The fourth-order valence-corrected chi connectivity index (χ4v) is 5.93. The van der Waals surface area contributed by atoms with Crippen molar-refractivity contribution in [2.75, 3.05) is 7.11 Å². The lowest BCUT2D eigenvalue weighted by Crippen LogP contribution is -2.08. The molecule has 0 fully saturated rings. The van der Waals surface area contributed by atoms with Gasteiger partial charge in [-0.05, 0) is 65.6 Å². The Kier molecular flexibility index (Phi) is 7.77. The van der Waals surface area contributed by atoms with Crippen LogP contribution in [0.1, 0.15) is 5.56 Å². The molecule has 0 amide bonds. The van der Waals surface area contributed by atoms with Crippen LogP contribution in [-0.4, -0.2) is 46.0 Å². The van der Waals surface area contributed by atoms with Crippen LogP contribution < -0.4 is 9.47 Å². The van der Waals surface area contributed by atoms with Crippen LogP contribution in [0.5, 0.6) is 17.2 Å². The summed E-state index contributed by atoms with van der Waals surface area (Å²) >= 11 is 0. The summed E-state index contributed by atoms with van der Waals surface area (Å²) in [7, 11) is -13.4. The molecule has 0 aliphatic heterocycles. The van der Waals surface area contributed by atoms with E-state index < -0.39 is 50.8 Å². The molecule has 40 heavy (non-hydrogen) atoms. The molecule has 0 unspecified atom stereocenters. The number of aryl methyl sites for hydroxylation is 1. The number of benzene rings is 4. The van der Waals surface area contributed by atoms with Gasteiger partial charge in [0, 0.05) is 0 Å². The average molecular weight is 607 g/mol. The Labute approximate surface area is 230 Å². The van der Waals surface area contributed by atoms with Gasteiger partial charge in [-0.25, -0.2) is 0 Å². The summed E-state index contributed by atoms with van der Waals surface area (Å²) < 4.78 is 112. The summed E-state index contributed by atoms with van der Waals surface area (Å²) in [6.45, 7) is 1.82. The maximum Gasteiger partial charge on any atom is 0.298 e. The maximum atomic E-state index is 12.3. The van der Waals surface area contributed by atoms with E-state index >= 15 is 0 Å². The van der Waals surface area contributed by atoms with Gasteiger partial charge in [0.1, 0.15) is 26.2 Å². The van der Waals surface area contributed by atoms with Crippen molar-refractivity contribution in [1.82, 2.24) is 0 Å². The Morgan fingerprint density at radius 3 is 1.45 bits per heavy atom. The van der Waals surface area contributed by atoms with Crippen molar-refractivity contribution in [3.63, 3.8) is 0 Å². The minimum absolute atomic E-state index is 0.0734. The minimum Gasteiger partial charge on any atom is -0.495 e. The highest BCUT2D eigenvalue weighted by atomic mass is 32.2. The summed E-state index contributed by atoms with van der Waals surface area (Å²) in [5, 5.41) is 0. The number of hydrogen-bond acceptors (Lipinski definition) is 8. The van der Waals surface area contributed by atoms with Crippen LogP contribution in [0, 0.1) is 6.92 Å². The van der Waals surface area contributed by atoms with E-state index in [1.807, 2.05) is 6.92 Å². The molecule has 0 saturated carbocycles. The van der Waals surface area contributed by atoms with Crippen LogP contribution in [0.15, 0.2) is 93.5 Å². The second-order valence-electron chi connectivity index (χ2n) is 8.58. The maximum absolute atomic E-state index is 12.3. The van der Waals surface area contributed by atoms with Gasteiger partial charge < -0.3 is 9.47 Å². The minimum atomic E-state index is -5.04. The molecule has 0 heterocycles. The van der Waals surface area contributed by atoms with Crippen LogP contribution in [-0.2, 0) is 30.4 Å². The first kappa shape index (κ1) is 29.2. The Balaban J connectivity index is 1.81. The molecule has 0 aromatic heterocycles. The number of ether oxygens (including phenoxy) is 2.